The molecule has 0 aliphatic rings. The summed E-state index contributed by atoms with van der Waals surface area (Å²) in [6, 6.07) is 7.63. The van der Waals surface area contributed by atoms with Crippen molar-refractivity contribution in [2.75, 3.05) is 20.1 Å². The van der Waals surface area contributed by atoms with E-state index < -0.39 is 11.6 Å². The van der Waals surface area contributed by atoms with Crippen molar-refractivity contribution >= 4 is 5.96 Å². The molecule has 0 radical (unpaired) electrons. The SMILES string of the molecule is CN=C(NCCn1cccc1)NCC(C)c1ccc(F)cc1F. The summed E-state index contributed by atoms with van der Waals surface area (Å²) in [5.74, 6) is -0.520. The van der Waals surface area contributed by atoms with Gasteiger partial charge in [0.25, 0.3) is 0 Å². The first-order valence-electron chi connectivity index (χ1n) is 7.60. The number of halogens is 2. The Hall–Kier alpha value is -2.37. The number of hydrogen-bond donors (Lipinski definition) is 2. The van der Waals surface area contributed by atoms with E-state index in [2.05, 4.69) is 20.2 Å². The van der Waals surface area contributed by atoms with Gasteiger partial charge in [-0.15, -0.1) is 0 Å². The highest BCUT2D eigenvalue weighted by atomic mass is 19.1. The van der Waals surface area contributed by atoms with Gasteiger partial charge in [-0.1, -0.05) is 13.0 Å². The molecule has 4 nitrogen and oxygen atoms in total. The topological polar surface area (TPSA) is 41.4 Å². The van der Waals surface area contributed by atoms with Crippen LogP contribution in [0.1, 0.15) is 18.4 Å². The Kier molecular flexibility index (Phi) is 6.14. The van der Waals surface area contributed by atoms with E-state index in [4.69, 9.17) is 0 Å². The first-order valence-corrected chi connectivity index (χ1v) is 7.60. The van der Waals surface area contributed by atoms with Crippen LogP contribution >= 0.6 is 0 Å². The van der Waals surface area contributed by atoms with Gasteiger partial charge in [0.05, 0.1) is 0 Å². The molecule has 1 unspecified atom stereocenters. The molecule has 0 saturated carbocycles. The van der Waals surface area contributed by atoms with Crippen LogP contribution in [0.4, 0.5) is 8.78 Å². The standard InChI is InChI=1S/C17H22F2N4/c1-13(15-6-5-14(18)11-16(15)19)12-22-17(20-2)21-7-10-23-8-3-4-9-23/h3-6,8-9,11,13H,7,10,12H2,1-2H3,(H2,20,21,22). The Morgan fingerprint density at radius 1 is 1.22 bits per heavy atom. The number of hydrogen-bond acceptors (Lipinski definition) is 1. The summed E-state index contributed by atoms with van der Waals surface area (Å²) in [5, 5.41) is 6.36. The van der Waals surface area contributed by atoms with Crippen molar-refractivity contribution in [1.29, 1.82) is 0 Å². The molecule has 0 spiro atoms. The smallest absolute Gasteiger partial charge is 0.191 e. The van der Waals surface area contributed by atoms with Crippen molar-refractivity contribution < 1.29 is 8.78 Å². The fourth-order valence-electron chi connectivity index (χ4n) is 2.30. The monoisotopic (exact) mass is 320 g/mol. The second kappa shape index (κ2) is 8.31. The van der Waals surface area contributed by atoms with Crippen LogP contribution in [0.3, 0.4) is 0 Å². The fourth-order valence-corrected chi connectivity index (χ4v) is 2.30. The van der Waals surface area contributed by atoms with Gasteiger partial charge in [0, 0.05) is 51.1 Å². The Morgan fingerprint density at radius 3 is 2.61 bits per heavy atom. The zero-order chi connectivity index (χ0) is 16.7. The van der Waals surface area contributed by atoms with Crippen LogP contribution in [-0.4, -0.2) is 30.7 Å². The molecule has 2 N–H and O–H groups in total. The maximum Gasteiger partial charge on any atom is 0.191 e. The lowest BCUT2D eigenvalue weighted by Crippen LogP contribution is -2.40. The number of aromatic nitrogens is 1. The van der Waals surface area contributed by atoms with Gasteiger partial charge in [-0.05, 0) is 23.8 Å². The Labute approximate surface area is 135 Å². The summed E-state index contributed by atoms with van der Waals surface area (Å²) < 4.78 is 28.8. The summed E-state index contributed by atoms with van der Waals surface area (Å²) in [6.45, 7) is 3.95. The van der Waals surface area contributed by atoms with E-state index in [0.29, 0.717) is 18.1 Å². The Morgan fingerprint density at radius 2 is 1.96 bits per heavy atom. The molecule has 1 aromatic carbocycles. The van der Waals surface area contributed by atoms with Gasteiger partial charge in [0.2, 0.25) is 0 Å². The maximum atomic E-state index is 13.8. The number of aliphatic imine (C=N–C) groups is 1. The third kappa shape index (κ3) is 5.09. The molecule has 124 valence electrons. The molecule has 0 saturated heterocycles. The summed E-state index contributed by atoms with van der Waals surface area (Å²) in [5.41, 5.74) is 0.488. The minimum atomic E-state index is -0.561. The van der Waals surface area contributed by atoms with Gasteiger partial charge < -0.3 is 15.2 Å². The van der Waals surface area contributed by atoms with Gasteiger partial charge in [-0.2, -0.15) is 0 Å². The second-order valence-corrected chi connectivity index (χ2v) is 5.37. The predicted octanol–water partition coefficient (Wildman–Crippen LogP) is 2.74. The molecule has 0 amide bonds. The highest BCUT2D eigenvalue weighted by molar-refractivity contribution is 5.79. The van der Waals surface area contributed by atoms with E-state index in [1.807, 2.05) is 31.5 Å². The molecular weight excluding hydrogens is 298 g/mol. The van der Waals surface area contributed by atoms with Crippen molar-refractivity contribution in [3.8, 4) is 0 Å². The highest BCUT2D eigenvalue weighted by Crippen LogP contribution is 2.18. The van der Waals surface area contributed by atoms with E-state index in [0.717, 1.165) is 19.2 Å². The fraction of sp³-hybridized carbons (Fsp3) is 0.353. The molecule has 6 heteroatoms. The number of guanidine groups is 1. The zero-order valence-electron chi connectivity index (χ0n) is 13.4. The molecule has 1 aromatic heterocycles. The summed E-state index contributed by atoms with van der Waals surface area (Å²) >= 11 is 0. The van der Waals surface area contributed by atoms with E-state index in [1.54, 1.807) is 7.05 Å². The lowest BCUT2D eigenvalue weighted by atomic mass is 10.0. The lowest BCUT2D eigenvalue weighted by molar-refractivity contribution is 0.555. The number of rotatable bonds is 6. The normalized spacial score (nSPS) is 13.0. The molecule has 1 atom stereocenters. The van der Waals surface area contributed by atoms with Crippen LogP contribution in [0.15, 0.2) is 47.7 Å². The van der Waals surface area contributed by atoms with E-state index >= 15 is 0 Å². The second-order valence-electron chi connectivity index (χ2n) is 5.37. The van der Waals surface area contributed by atoms with Gasteiger partial charge in [0.1, 0.15) is 11.6 Å². The molecular formula is C17H22F2N4. The molecule has 0 bridgehead atoms. The molecule has 23 heavy (non-hydrogen) atoms. The number of nitrogens with one attached hydrogen (secondary N) is 2. The van der Waals surface area contributed by atoms with Crippen LogP contribution in [0.5, 0.6) is 0 Å². The van der Waals surface area contributed by atoms with Crippen molar-refractivity contribution in [1.82, 2.24) is 15.2 Å². The average molecular weight is 320 g/mol. The maximum absolute atomic E-state index is 13.8. The quantitative estimate of drug-likeness (QED) is 0.635. The van der Waals surface area contributed by atoms with Gasteiger partial charge in [0.15, 0.2) is 5.96 Å². The predicted molar refractivity (Wildman–Crippen MR) is 88.6 cm³/mol. The average Bonchev–Trinajstić information content (AvgIpc) is 3.03. The van der Waals surface area contributed by atoms with Crippen molar-refractivity contribution in [3.63, 3.8) is 0 Å². The van der Waals surface area contributed by atoms with Gasteiger partial charge in [-0.25, -0.2) is 8.78 Å². The summed E-state index contributed by atoms with van der Waals surface area (Å²) in [6.07, 6.45) is 3.99. The van der Waals surface area contributed by atoms with Crippen LogP contribution < -0.4 is 10.6 Å². The van der Waals surface area contributed by atoms with Crippen molar-refractivity contribution in [2.24, 2.45) is 4.99 Å². The van der Waals surface area contributed by atoms with Crippen LogP contribution in [0, 0.1) is 11.6 Å². The summed E-state index contributed by atoms with van der Waals surface area (Å²) in [4.78, 5) is 4.14. The summed E-state index contributed by atoms with van der Waals surface area (Å²) in [7, 11) is 1.69. The van der Waals surface area contributed by atoms with Crippen LogP contribution in [0.25, 0.3) is 0 Å². The first-order chi connectivity index (χ1) is 11.1. The molecule has 0 aliphatic carbocycles. The van der Waals surface area contributed by atoms with Crippen LogP contribution in [0.2, 0.25) is 0 Å². The third-order valence-electron chi connectivity index (χ3n) is 3.62. The minimum Gasteiger partial charge on any atom is -0.356 e. The Balaban J connectivity index is 1.80. The minimum absolute atomic E-state index is 0.0985. The van der Waals surface area contributed by atoms with Crippen LogP contribution in [-0.2, 0) is 6.54 Å². The largest absolute Gasteiger partial charge is 0.356 e. The van der Waals surface area contributed by atoms with E-state index in [-0.39, 0.29) is 5.92 Å². The molecule has 2 rings (SSSR count). The van der Waals surface area contributed by atoms with Crippen molar-refractivity contribution in [2.45, 2.75) is 19.4 Å². The number of benzene rings is 1. The van der Waals surface area contributed by atoms with Gasteiger partial charge >= 0.3 is 0 Å². The van der Waals surface area contributed by atoms with Gasteiger partial charge in [-0.3, -0.25) is 4.99 Å². The van der Waals surface area contributed by atoms with E-state index in [1.165, 1.54) is 12.1 Å². The molecule has 0 aliphatic heterocycles. The first kappa shape index (κ1) is 17.0. The molecule has 0 fully saturated rings. The third-order valence-corrected chi connectivity index (χ3v) is 3.62. The lowest BCUT2D eigenvalue weighted by Gasteiger charge is -2.17. The van der Waals surface area contributed by atoms with E-state index in [9.17, 15) is 8.78 Å². The highest BCUT2D eigenvalue weighted by Gasteiger charge is 2.12. The van der Waals surface area contributed by atoms with Crippen molar-refractivity contribution in [3.05, 3.63) is 59.9 Å². The number of nitrogens with zero attached hydrogens (tertiary/aromatic N) is 2. The zero-order valence-corrected chi connectivity index (χ0v) is 13.4. The Bertz CT molecular complexity index is 638. The molecule has 1 heterocycles. The molecule has 2 aromatic rings.